The number of aryl methyl sites for hydroxylation is 1. The first-order valence-electron chi connectivity index (χ1n) is 4.45. The smallest absolute Gasteiger partial charge is 0.203 e. The summed E-state index contributed by atoms with van der Waals surface area (Å²) in [6.45, 7) is 3.28. The van der Waals surface area contributed by atoms with Crippen molar-refractivity contribution in [2.75, 3.05) is 5.43 Å². The van der Waals surface area contributed by atoms with Gasteiger partial charge >= 0.3 is 0 Å². The Balaban J connectivity index is 2.76. The number of benzene rings is 1. The van der Waals surface area contributed by atoms with Gasteiger partial charge in [0.05, 0.1) is 5.69 Å². The Morgan fingerprint density at radius 3 is 2.47 bits per heavy atom. The second-order valence-electron chi connectivity index (χ2n) is 3.11. The minimum atomic E-state index is -0.350. The Bertz CT molecular complexity index is 426. The molecule has 0 amide bonds. The second-order valence-corrected chi connectivity index (χ2v) is 3.11. The number of nitrogens with one attached hydrogen (secondary N) is 1. The zero-order chi connectivity index (χ0) is 11.3. The van der Waals surface area contributed by atoms with Gasteiger partial charge in [-0.3, -0.25) is 10.2 Å². The molecule has 1 aromatic rings. The fourth-order valence-electron chi connectivity index (χ4n) is 0.931. The molecule has 0 aliphatic heterocycles. The van der Waals surface area contributed by atoms with Crippen molar-refractivity contribution in [1.29, 1.82) is 5.26 Å². The van der Waals surface area contributed by atoms with E-state index in [-0.39, 0.29) is 11.5 Å². The molecule has 0 fully saturated rings. The van der Waals surface area contributed by atoms with Crippen molar-refractivity contribution in [3.63, 3.8) is 0 Å². The van der Waals surface area contributed by atoms with Gasteiger partial charge in [-0.25, -0.2) is 0 Å². The lowest BCUT2D eigenvalue weighted by molar-refractivity contribution is -0.110. The van der Waals surface area contributed by atoms with Crippen molar-refractivity contribution in [3.8, 4) is 6.07 Å². The number of carbonyl (C=O) groups excluding carboxylic acids is 1. The molecule has 0 unspecified atom stereocenters. The summed E-state index contributed by atoms with van der Waals surface area (Å²) >= 11 is 0. The minimum absolute atomic E-state index is 0.129. The summed E-state index contributed by atoms with van der Waals surface area (Å²) in [5.41, 5.74) is 4.40. The Labute approximate surface area is 88.2 Å². The third kappa shape index (κ3) is 3.24. The van der Waals surface area contributed by atoms with E-state index in [9.17, 15) is 4.79 Å². The number of hydrazone groups is 1. The zero-order valence-electron chi connectivity index (χ0n) is 8.61. The normalized spacial score (nSPS) is 10.6. The maximum absolute atomic E-state index is 10.9. The third-order valence-electron chi connectivity index (χ3n) is 1.79. The highest BCUT2D eigenvalue weighted by Gasteiger charge is 2.02. The van der Waals surface area contributed by atoms with Gasteiger partial charge in [0.25, 0.3) is 0 Å². The van der Waals surface area contributed by atoms with E-state index >= 15 is 0 Å². The van der Waals surface area contributed by atoms with Crippen LogP contribution in [0.5, 0.6) is 0 Å². The quantitative estimate of drug-likeness (QED) is 0.599. The van der Waals surface area contributed by atoms with Gasteiger partial charge in [-0.2, -0.15) is 10.4 Å². The molecule has 4 nitrogen and oxygen atoms in total. The number of anilines is 1. The summed E-state index contributed by atoms with van der Waals surface area (Å²) in [5.74, 6) is -0.350. The first-order valence-corrected chi connectivity index (χ1v) is 4.45. The summed E-state index contributed by atoms with van der Waals surface area (Å²) in [5, 5.41) is 12.3. The molecular weight excluding hydrogens is 190 g/mol. The van der Waals surface area contributed by atoms with E-state index in [4.69, 9.17) is 5.26 Å². The highest BCUT2D eigenvalue weighted by Crippen LogP contribution is 2.08. The zero-order valence-corrected chi connectivity index (χ0v) is 8.61. The minimum Gasteiger partial charge on any atom is -0.292 e. The Hall–Kier alpha value is -2.15. The van der Waals surface area contributed by atoms with E-state index < -0.39 is 0 Å². The van der Waals surface area contributed by atoms with Crippen LogP contribution in [0.15, 0.2) is 29.4 Å². The summed E-state index contributed by atoms with van der Waals surface area (Å²) in [4.78, 5) is 10.9. The van der Waals surface area contributed by atoms with Gasteiger partial charge in [0.15, 0.2) is 5.78 Å². The molecule has 0 aliphatic carbocycles. The average molecular weight is 201 g/mol. The number of rotatable bonds is 3. The molecule has 0 atom stereocenters. The Morgan fingerprint density at radius 1 is 1.40 bits per heavy atom. The number of nitriles is 1. The van der Waals surface area contributed by atoms with Crippen LogP contribution in [-0.2, 0) is 4.79 Å². The summed E-state index contributed by atoms with van der Waals surface area (Å²) in [6.07, 6.45) is 0. The molecule has 76 valence electrons. The largest absolute Gasteiger partial charge is 0.292 e. The summed E-state index contributed by atoms with van der Waals surface area (Å²) < 4.78 is 0. The molecule has 1 aromatic carbocycles. The van der Waals surface area contributed by atoms with Crippen molar-refractivity contribution in [2.24, 2.45) is 5.10 Å². The molecule has 4 heteroatoms. The maximum Gasteiger partial charge on any atom is 0.203 e. The van der Waals surface area contributed by atoms with Crippen molar-refractivity contribution < 1.29 is 4.79 Å². The van der Waals surface area contributed by atoms with Gasteiger partial charge in [-0.05, 0) is 19.1 Å². The first-order chi connectivity index (χ1) is 7.13. The lowest BCUT2D eigenvalue weighted by Crippen LogP contribution is -2.09. The van der Waals surface area contributed by atoms with Crippen LogP contribution in [0, 0.1) is 18.3 Å². The van der Waals surface area contributed by atoms with E-state index in [1.165, 1.54) is 6.92 Å². The predicted molar refractivity (Wildman–Crippen MR) is 58.5 cm³/mol. The standard InChI is InChI=1S/C11H11N3O/c1-8-3-5-10(6-4-8)13-14-11(7-12)9(2)15/h3-6,13H,1-2H3/b14-11+. The highest BCUT2D eigenvalue weighted by atomic mass is 16.1. The molecule has 0 aromatic heterocycles. The van der Waals surface area contributed by atoms with Crippen LogP contribution >= 0.6 is 0 Å². The number of hydrogen-bond acceptors (Lipinski definition) is 4. The van der Waals surface area contributed by atoms with Gasteiger partial charge in [-0.1, -0.05) is 17.7 Å². The van der Waals surface area contributed by atoms with Crippen molar-refractivity contribution in [2.45, 2.75) is 13.8 Å². The van der Waals surface area contributed by atoms with E-state index in [1.54, 1.807) is 6.07 Å². The van der Waals surface area contributed by atoms with Gasteiger partial charge in [0.2, 0.25) is 5.71 Å². The fourth-order valence-corrected chi connectivity index (χ4v) is 0.931. The fraction of sp³-hybridized carbons (Fsp3) is 0.182. The van der Waals surface area contributed by atoms with Crippen molar-refractivity contribution >= 4 is 17.2 Å². The Kier molecular flexibility index (Phi) is 3.58. The van der Waals surface area contributed by atoms with Crippen LogP contribution in [0.2, 0.25) is 0 Å². The number of Topliss-reactive ketones (excluding diaryl/α,β-unsaturated/α-hetero) is 1. The molecule has 0 spiro atoms. The second kappa shape index (κ2) is 4.91. The molecule has 0 radical (unpaired) electrons. The predicted octanol–water partition coefficient (Wildman–Crippen LogP) is 1.88. The molecule has 15 heavy (non-hydrogen) atoms. The molecule has 0 aliphatic rings. The van der Waals surface area contributed by atoms with E-state index in [2.05, 4.69) is 10.5 Å². The van der Waals surface area contributed by atoms with Crippen LogP contribution < -0.4 is 5.43 Å². The number of ketones is 1. The lowest BCUT2D eigenvalue weighted by Gasteiger charge is -2.00. The van der Waals surface area contributed by atoms with Gasteiger partial charge < -0.3 is 0 Å². The Morgan fingerprint density at radius 2 is 2.00 bits per heavy atom. The van der Waals surface area contributed by atoms with Crippen LogP contribution in [0.1, 0.15) is 12.5 Å². The van der Waals surface area contributed by atoms with Gasteiger partial charge in [0, 0.05) is 6.92 Å². The van der Waals surface area contributed by atoms with Crippen LogP contribution in [0.3, 0.4) is 0 Å². The van der Waals surface area contributed by atoms with Crippen LogP contribution in [-0.4, -0.2) is 11.5 Å². The van der Waals surface area contributed by atoms with Crippen molar-refractivity contribution in [3.05, 3.63) is 29.8 Å². The molecule has 1 N–H and O–H groups in total. The molecule has 0 bridgehead atoms. The maximum atomic E-state index is 10.9. The number of nitrogens with zero attached hydrogens (tertiary/aromatic N) is 2. The first kappa shape index (κ1) is 10.9. The number of hydrogen-bond donors (Lipinski definition) is 1. The summed E-state index contributed by atoms with van der Waals surface area (Å²) in [6, 6.07) is 9.20. The molecule has 0 saturated heterocycles. The van der Waals surface area contributed by atoms with Gasteiger partial charge in [0.1, 0.15) is 6.07 Å². The number of carbonyl (C=O) groups is 1. The molecule has 0 heterocycles. The van der Waals surface area contributed by atoms with Crippen molar-refractivity contribution in [1.82, 2.24) is 0 Å². The lowest BCUT2D eigenvalue weighted by atomic mass is 10.2. The van der Waals surface area contributed by atoms with Crippen LogP contribution in [0.25, 0.3) is 0 Å². The molecular formula is C11H11N3O. The third-order valence-corrected chi connectivity index (χ3v) is 1.79. The monoisotopic (exact) mass is 201 g/mol. The highest BCUT2D eigenvalue weighted by molar-refractivity contribution is 6.45. The topological polar surface area (TPSA) is 65.2 Å². The van der Waals surface area contributed by atoms with E-state index in [1.807, 2.05) is 31.2 Å². The van der Waals surface area contributed by atoms with E-state index in [0.29, 0.717) is 0 Å². The van der Waals surface area contributed by atoms with Crippen LogP contribution in [0.4, 0.5) is 5.69 Å². The average Bonchev–Trinajstić information content (AvgIpc) is 2.21. The molecule has 1 rings (SSSR count). The SMILES string of the molecule is CC(=O)/C(C#N)=N/Nc1ccc(C)cc1. The van der Waals surface area contributed by atoms with E-state index in [0.717, 1.165) is 11.3 Å². The summed E-state index contributed by atoms with van der Waals surface area (Å²) in [7, 11) is 0. The molecule has 0 saturated carbocycles. The van der Waals surface area contributed by atoms with Gasteiger partial charge in [-0.15, -0.1) is 0 Å².